The number of hydrogen-bond acceptors (Lipinski definition) is 4. The van der Waals surface area contributed by atoms with Crippen molar-refractivity contribution < 1.29 is 9.53 Å². The highest BCUT2D eigenvalue weighted by molar-refractivity contribution is 6.32. The summed E-state index contributed by atoms with van der Waals surface area (Å²) in [6.45, 7) is 7.77. The fourth-order valence-corrected chi connectivity index (χ4v) is 1.80. The van der Waals surface area contributed by atoms with Crippen LogP contribution in [0.25, 0.3) is 0 Å². The molecule has 0 aliphatic rings. The number of amides is 1. The summed E-state index contributed by atoms with van der Waals surface area (Å²) in [5.41, 5.74) is 0.709. The minimum Gasteiger partial charge on any atom is -0.444 e. The molecule has 21 heavy (non-hydrogen) atoms. The predicted octanol–water partition coefficient (Wildman–Crippen LogP) is 3.54. The average Bonchev–Trinajstić information content (AvgIpc) is 2.34. The van der Waals surface area contributed by atoms with Gasteiger partial charge in [-0.2, -0.15) is 5.26 Å². The van der Waals surface area contributed by atoms with Crippen LogP contribution in [0.4, 0.5) is 10.5 Å². The first-order chi connectivity index (χ1) is 9.71. The number of benzene rings is 1. The minimum absolute atomic E-state index is 0.0125. The normalized spacial score (nSPS) is 12.2. The quantitative estimate of drug-likeness (QED) is 0.892. The predicted molar refractivity (Wildman–Crippen MR) is 83.5 cm³/mol. The minimum atomic E-state index is -0.512. The van der Waals surface area contributed by atoms with Crippen LogP contribution in [-0.2, 0) is 4.74 Å². The maximum absolute atomic E-state index is 11.5. The first-order valence-electron chi connectivity index (χ1n) is 6.64. The molecule has 0 aliphatic heterocycles. The smallest absolute Gasteiger partial charge is 0.407 e. The molecule has 0 saturated heterocycles. The highest BCUT2D eigenvalue weighted by Crippen LogP contribution is 2.20. The maximum Gasteiger partial charge on any atom is 0.407 e. The van der Waals surface area contributed by atoms with Crippen molar-refractivity contribution in [2.24, 2.45) is 0 Å². The Morgan fingerprint density at radius 3 is 2.67 bits per heavy atom. The van der Waals surface area contributed by atoms with Crippen LogP contribution < -0.4 is 10.6 Å². The maximum atomic E-state index is 11.5. The van der Waals surface area contributed by atoms with E-state index in [1.165, 1.54) is 0 Å². The van der Waals surface area contributed by atoms with Crippen molar-refractivity contribution in [3.05, 3.63) is 28.8 Å². The molecule has 1 rings (SSSR count). The van der Waals surface area contributed by atoms with E-state index in [4.69, 9.17) is 21.6 Å². The van der Waals surface area contributed by atoms with E-state index < -0.39 is 11.7 Å². The molecule has 0 fully saturated rings. The van der Waals surface area contributed by atoms with Crippen molar-refractivity contribution in [3.63, 3.8) is 0 Å². The van der Waals surface area contributed by atoms with Crippen LogP contribution in [0.1, 0.15) is 33.3 Å². The van der Waals surface area contributed by atoms with Gasteiger partial charge in [0, 0.05) is 18.3 Å². The van der Waals surface area contributed by atoms with Crippen LogP contribution in [0.2, 0.25) is 5.02 Å². The summed E-state index contributed by atoms with van der Waals surface area (Å²) in [5, 5.41) is 15.1. The SMILES string of the molecule is CC(CNC(=O)OC(C)(C)C)Nc1ccc(C#N)c(Cl)c1. The highest BCUT2D eigenvalue weighted by atomic mass is 35.5. The second kappa shape index (κ2) is 7.19. The molecule has 0 saturated carbocycles. The molecular formula is C15H20ClN3O2. The standard InChI is InChI=1S/C15H20ClN3O2/c1-10(9-18-14(20)21-15(2,3)4)19-12-6-5-11(8-17)13(16)7-12/h5-7,10,19H,9H2,1-4H3,(H,18,20). The van der Waals surface area contributed by atoms with Crippen LogP contribution in [0.3, 0.4) is 0 Å². The topological polar surface area (TPSA) is 74.2 Å². The second-order valence-corrected chi connectivity index (χ2v) is 6.14. The van der Waals surface area contributed by atoms with Gasteiger partial charge in [0.25, 0.3) is 0 Å². The lowest BCUT2D eigenvalue weighted by Crippen LogP contribution is -2.38. The van der Waals surface area contributed by atoms with Gasteiger partial charge in [0.15, 0.2) is 0 Å². The fourth-order valence-electron chi connectivity index (χ4n) is 1.58. The van der Waals surface area contributed by atoms with Crippen LogP contribution in [0.15, 0.2) is 18.2 Å². The Hall–Kier alpha value is -1.93. The first-order valence-corrected chi connectivity index (χ1v) is 7.02. The molecule has 6 heteroatoms. The van der Waals surface area contributed by atoms with E-state index in [1.807, 2.05) is 33.8 Å². The van der Waals surface area contributed by atoms with Crippen molar-refractivity contribution in [3.8, 4) is 6.07 Å². The summed E-state index contributed by atoms with van der Waals surface area (Å²) >= 11 is 5.96. The zero-order valence-corrected chi connectivity index (χ0v) is 13.4. The van der Waals surface area contributed by atoms with E-state index in [9.17, 15) is 4.79 Å². The molecule has 1 atom stereocenters. The number of nitrogens with one attached hydrogen (secondary N) is 2. The summed E-state index contributed by atoms with van der Waals surface area (Å²) in [6.07, 6.45) is -0.450. The number of alkyl carbamates (subject to hydrolysis) is 1. The highest BCUT2D eigenvalue weighted by Gasteiger charge is 2.16. The van der Waals surface area contributed by atoms with Crippen molar-refractivity contribution >= 4 is 23.4 Å². The number of ether oxygens (including phenoxy) is 1. The molecule has 2 N–H and O–H groups in total. The zero-order valence-electron chi connectivity index (χ0n) is 12.7. The third-order valence-electron chi connectivity index (χ3n) is 2.45. The van der Waals surface area contributed by atoms with Crippen molar-refractivity contribution in [1.29, 1.82) is 5.26 Å². The second-order valence-electron chi connectivity index (χ2n) is 5.73. The summed E-state index contributed by atoms with van der Waals surface area (Å²) in [4.78, 5) is 11.5. The molecule has 1 aromatic carbocycles. The average molecular weight is 310 g/mol. The molecule has 114 valence electrons. The lowest BCUT2D eigenvalue weighted by molar-refractivity contribution is 0.0526. The monoisotopic (exact) mass is 309 g/mol. The Labute approximate surface area is 130 Å². The van der Waals surface area contributed by atoms with E-state index in [0.29, 0.717) is 17.1 Å². The van der Waals surface area contributed by atoms with Crippen LogP contribution in [0.5, 0.6) is 0 Å². The number of nitrogens with zero attached hydrogens (tertiary/aromatic N) is 1. The van der Waals surface area contributed by atoms with Crippen LogP contribution in [0, 0.1) is 11.3 Å². The Morgan fingerprint density at radius 1 is 1.48 bits per heavy atom. The summed E-state index contributed by atoms with van der Waals surface area (Å²) in [7, 11) is 0. The number of carbonyl (C=O) groups excluding carboxylic acids is 1. The van der Waals surface area contributed by atoms with Crippen LogP contribution in [-0.4, -0.2) is 24.3 Å². The Morgan fingerprint density at radius 2 is 2.14 bits per heavy atom. The van der Waals surface area contributed by atoms with E-state index in [0.717, 1.165) is 5.69 Å². The van der Waals surface area contributed by atoms with Gasteiger partial charge in [-0.15, -0.1) is 0 Å². The molecule has 1 amide bonds. The molecule has 5 nitrogen and oxygen atoms in total. The van der Waals surface area contributed by atoms with Gasteiger partial charge in [0.2, 0.25) is 0 Å². The molecule has 0 spiro atoms. The summed E-state index contributed by atoms with van der Waals surface area (Å²) < 4.78 is 5.15. The van der Waals surface area contributed by atoms with Gasteiger partial charge < -0.3 is 15.4 Å². The number of nitriles is 1. The van der Waals surface area contributed by atoms with Gasteiger partial charge in [-0.3, -0.25) is 0 Å². The fraction of sp³-hybridized carbons (Fsp3) is 0.467. The van der Waals surface area contributed by atoms with Gasteiger partial charge >= 0.3 is 6.09 Å². The summed E-state index contributed by atoms with van der Waals surface area (Å²) in [5.74, 6) is 0. The van der Waals surface area contributed by atoms with Crippen molar-refractivity contribution in [2.45, 2.75) is 39.3 Å². The number of hydrogen-bond donors (Lipinski definition) is 2. The Bertz CT molecular complexity index is 547. The lowest BCUT2D eigenvalue weighted by Gasteiger charge is -2.21. The van der Waals surface area contributed by atoms with Gasteiger partial charge in [-0.1, -0.05) is 11.6 Å². The molecule has 0 bridgehead atoms. The van der Waals surface area contributed by atoms with E-state index in [2.05, 4.69) is 10.6 Å². The number of rotatable bonds is 4. The number of carbonyl (C=O) groups is 1. The molecule has 0 radical (unpaired) electrons. The molecule has 0 heterocycles. The Balaban J connectivity index is 2.47. The van der Waals surface area contributed by atoms with Crippen molar-refractivity contribution in [1.82, 2.24) is 5.32 Å². The zero-order chi connectivity index (χ0) is 16.0. The van der Waals surface area contributed by atoms with Gasteiger partial charge in [0.1, 0.15) is 11.7 Å². The number of anilines is 1. The van der Waals surface area contributed by atoms with Crippen LogP contribution >= 0.6 is 11.6 Å². The van der Waals surface area contributed by atoms with Gasteiger partial charge in [0.05, 0.1) is 10.6 Å². The number of halogens is 1. The van der Waals surface area contributed by atoms with E-state index >= 15 is 0 Å². The Kier molecular flexibility index (Phi) is 5.86. The molecule has 1 unspecified atom stereocenters. The lowest BCUT2D eigenvalue weighted by atomic mass is 10.2. The van der Waals surface area contributed by atoms with Crippen molar-refractivity contribution in [2.75, 3.05) is 11.9 Å². The molecule has 0 aromatic heterocycles. The summed E-state index contributed by atoms with van der Waals surface area (Å²) in [6, 6.07) is 7.10. The van der Waals surface area contributed by atoms with Gasteiger partial charge in [-0.25, -0.2) is 4.79 Å². The largest absolute Gasteiger partial charge is 0.444 e. The van der Waals surface area contributed by atoms with E-state index in [1.54, 1.807) is 18.2 Å². The first kappa shape index (κ1) is 17.1. The molecular weight excluding hydrogens is 290 g/mol. The molecule has 1 aromatic rings. The van der Waals surface area contributed by atoms with E-state index in [-0.39, 0.29) is 6.04 Å². The van der Waals surface area contributed by atoms with Gasteiger partial charge in [-0.05, 0) is 45.9 Å². The molecule has 0 aliphatic carbocycles. The third kappa shape index (κ3) is 6.37. The third-order valence-corrected chi connectivity index (χ3v) is 2.77.